The number of ether oxygens (including phenoxy) is 1. The van der Waals surface area contributed by atoms with Crippen molar-refractivity contribution >= 4 is 85.1 Å². The predicted octanol–water partition coefficient (Wildman–Crippen LogP) is 9.96. The van der Waals surface area contributed by atoms with Crippen LogP contribution in [0.3, 0.4) is 0 Å². The number of carbonyl (C=O) groups is 5. The molecule has 0 bridgehead atoms. The van der Waals surface area contributed by atoms with Gasteiger partial charge >= 0.3 is 5.97 Å². The molecular weight excluding hydrogens is 1130 g/mol. The van der Waals surface area contributed by atoms with E-state index in [9.17, 15) is 34.2 Å². The molecule has 9 rings (SSSR count). The number of para-hydroxylation sites is 1. The van der Waals surface area contributed by atoms with Crippen LogP contribution >= 0.6 is 22.7 Å². The molecule has 1 aliphatic carbocycles. The molecule has 0 spiro atoms. The van der Waals surface area contributed by atoms with Crippen LogP contribution in [-0.4, -0.2) is 143 Å². The van der Waals surface area contributed by atoms with Gasteiger partial charge in [0.25, 0.3) is 0 Å². The number of carbonyl (C=O) groups excluding carboxylic acids is 4. The number of aliphatic hydroxyl groups excluding tert-OH is 1. The van der Waals surface area contributed by atoms with Crippen LogP contribution in [0, 0.1) is 32.1 Å². The Kier molecular flexibility index (Phi) is 20.6. The quantitative estimate of drug-likeness (QED) is 0.0333. The van der Waals surface area contributed by atoms with Crippen LogP contribution in [0.4, 0.5) is 22.6 Å². The predicted molar refractivity (Wildman–Crippen MR) is 334 cm³/mol. The SMILES string of the molecule is Cc1cc(N(CCCC(=O)N(C)CCCCOCC(=O)N[C@H](C(=O)N2C[C@H](O)C[C@H]2C(=O)N[C@@H](C)c2ccc(-c3scnc3C)cc2)C(C)(C)C)c2ccc(-c3cnn(CC4CCCCC4)c3C)c(C(=O)O)n2)nnc1Nc1nc2ccccc2s1. The molecule has 4 amide bonds. The molecule has 1 saturated carbocycles. The van der Waals surface area contributed by atoms with E-state index in [1.165, 1.54) is 35.5 Å². The molecule has 21 nitrogen and oxygen atoms in total. The molecular formula is C63H79N13O8S2. The third-order valence-corrected chi connectivity index (χ3v) is 18.1. The van der Waals surface area contributed by atoms with Gasteiger partial charge < -0.3 is 45.6 Å². The normalized spacial score (nSPS) is 16.2. The molecule has 2 aromatic carbocycles. The average Bonchev–Trinajstić information content (AvgIpc) is 4.17. The van der Waals surface area contributed by atoms with E-state index in [-0.39, 0.29) is 56.8 Å². The monoisotopic (exact) mass is 1210 g/mol. The van der Waals surface area contributed by atoms with Gasteiger partial charge in [-0.15, -0.1) is 21.5 Å². The first kappa shape index (κ1) is 62.8. The molecule has 6 heterocycles. The van der Waals surface area contributed by atoms with Crippen molar-refractivity contribution in [3.63, 3.8) is 0 Å². The van der Waals surface area contributed by atoms with E-state index in [0.717, 1.165) is 62.6 Å². The third kappa shape index (κ3) is 15.4. The number of nitrogens with zero attached hydrogens (tertiary/aromatic N) is 10. The zero-order valence-corrected chi connectivity index (χ0v) is 52.0. The van der Waals surface area contributed by atoms with E-state index >= 15 is 0 Å². The maximum Gasteiger partial charge on any atom is 0.355 e. The van der Waals surface area contributed by atoms with Gasteiger partial charge in [-0.1, -0.05) is 87.8 Å². The summed E-state index contributed by atoms with van der Waals surface area (Å²) in [5.41, 5.74) is 7.48. The number of aliphatic hydroxyl groups is 1. The van der Waals surface area contributed by atoms with Crippen molar-refractivity contribution < 1.29 is 38.9 Å². The van der Waals surface area contributed by atoms with Gasteiger partial charge in [-0.3, -0.25) is 23.9 Å². The van der Waals surface area contributed by atoms with Gasteiger partial charge in [-0.2, -0.15) is 5.10 Å². The molecule has 1 saturated heterocycles. The first-order chi connectivity index (χ1) is 41.2. The third-order valence-electron chi connectivity index (χ3n) is 16.2. The molecule has 1 aliphatic heterocycles. The summed E-state index contributed by atoms with van der Waals surface area (Å²) in [6.45, 7) is 14.5. The summed E-state index contributed by atoms with van der Waals surface area (Å²) in [5.74, 6) is -0.833. The first-order valence-electron chi connectivity index (χ1n) is 29.6. The Labute approximate surface area is 510 Å². The maximum absolute atomic E-state index is 14.2. The number of pyridine rings is 1. The lowest BCUT2D eigenvalue weighted by Crippen LogP contribution is -2.58. The van der Waals surface area contributed by atoms with E-state index in [0.29, 0.717) is 65.4 Å². The standard InChI is InChI=1S/C63H79N13O8S2/c1-38-31-52(71-72-58(38)70-62-67-48-19-12-13-20-50(48)86-62)74(51-27-26-46(55(68-51)61(82)83)47-33-65-76(41(47)4)34-42-17-10-9-11-18-42)29-16-21-54(79)73(8)28-14-15-30-84-36-53(78)69-57(63(5,6)7)60(81)75-35-45(77)32-49(75)59(80)66-39(2)43-22-24-44(25-23-43)56-40(3)64-37-85-56/h12-13,19-20,22-27,31,33,37,39,42,45,49,57,77H,9-11,14-18,21,28-30,32,34-36H2,1-8H3,(H,66,80)(H,69,78)(H,82,83)(H,67,70,72)/t39-,45+,49-,57+/m0/s1. The summed E-state index contributed by atoms with van der Waals surface area (Å²) >= 11 is 3.07. The second-order valence-electron chi connectivity index (χ2n) is 23.8. The minimum absolute atomic E-state index is 0.0482. The molecule has 0 radical (unpaired) electrons. The number of fused-ring (bicyclic) bond motifs is 1. The number of carboxylic acid groups (broad SMARTS) is 1. The van der Waals surface area contributed by atoms with Gasteiger partial charge in [0.2, 0.25) is 23.6 Å². The van der Waals surface area contributed by atoms with E-state index in [1.54, 1.807) is 46.5 Å². The fourth-order valence-electron chi connectivity index (χ4n) is 11.2. The number of nitrogens with one attached hydrogen (secondary N) is 3. The second-order valence-corrected chi connectivity index (χ2v) is 25.6. The smallest absolute Gasteiger partial charge is 0.355 e. The summed E-state index contributed by atoms with van der Waals surface area (Å²) in [6, 6.07) is 18.8. The summed E-state index contributed by atoms with van der Waals surface area (Å²) in [7, 11) is 1.74. The van der Waals surface area contributed by atoms with Crippen molar-refractivity contribution in [2.45, 2.75) is 143 Å². The Morgan fingerprint density at radius 1 is 0.884 bits per heavy atom. The van der Waals surface area contributed by atoms with Crippen molar-refractivity contribution in [1.29, 1.82) is 0 Å². The zero-order valence-electron chi connectivity index (χ0n) is 50.3. The van der Waals surface area contributed by atoms with Gasteiger partial charge in [0.1, 0.15) is 24.5 Å². The summed E-state index contributed by atoms with van der Waals surface area (Å²) in [4.78, 5) is 87.7. The Balaban J connectivity index is 0.771. The Morgan fingerprint density at radius 2 is 1.65 bits per heavy atom. The van der Waals surface area contributed by atoms with Gasteiger partial charge in [0.15, 0.2) is 22.5 Å². The van der Waals surface area contributed by atoms with Crippen LogP contribution in [0.15, 0.2) is 78.4 Å². The molecule has 4 atom stereocenters. The molecule has 5 aromatic heterocycles. The lowest BCUT2D eigenvalue weighted by atomic mass is 9.85. The summed E-state index contributed by atoms with van der Waals surface area (Å²) in [6.07, 6.45) is 8.56. The van der Waals surface area contributed by atoms with Gasteiger partial charge in [-0.25, -0.2) is 19.7 Å². The zero-order chi connectivity index (χ0) is 61.2. The highest BCUT2D eigenvalue weighted by Crippen LogP contribution is 2.35. The van der Waals surface area contributed by atoms with Crippen molar-refractivity contribution in [3.05, 3.63) is 107 Å². The molecule has 7 aromatic rings. The molecule has 2 fully saturated rings. The van der Waals surface area contributed by atoms with Crippen LogP contribution in [0.25, 0.3) is 31.8 Å². The number of anilines is 4. The van der Waals surface area contributed by atoms with Crippen molar-refractivity contribution in [1.82, 2.24) is 55.4 Å². The fourth-order valence-corrected chi connectivity index (χ4v) is 12.9. The van der Waals surface area contributed by atoms with Gasteiger partial charge in [0.05, 0.1) is 44.6 Å². The molecule has 5 N–H and O–H groups in total. The van der Waals surface area contributed by atoms with Crippen LogP contribution < -0.4 is 20.9 Å². The van der Waals surface area contributed by atoms with Crippen molar-refractivity contribution in [2.75, 3.05) is 50.1 Å². The van der Waals surface area contributed by atoms with E-state index in [4.69, 9.17) is 14.8 Å². The number of carboxylic acids is 1. The Bertz CT molecular complexity index is 3480. The van der Waals surface area contributed by atoms with E-state index in [2.05, 4.69) is 36.1 Å². The summed E-state index contributed by atoms with van der Waals surface area (Å²) < 4.78 is 8.77. The number of β-amino-alcohol motifs (C(OH)–C–C–N with tert-alkyl or cyclic N) is 1. The topological polar surface area (TPSA) is 263 Å². The lowest BCUT2D eigenvalue weighted by molar-refractivity contribution is -0.144. The number of benzene rings is 2. The van der Waals surface area contributed by atoms with Crippen LogP contribution in [0.2, 0.25) is 0 Å². The molecule has 456 valence electrons. The number of aromatic carboxylic acids is 1. The van der Waals surface area contributed by atoms with Crippen molar-refractivity contribution in [3.8, 4) is 21.6 Å². The van der Waals surface area contributed by atoms with Crippen LogP contribution in [0.5, 0.6) is 0 Å². The number of hydrogen-bond acceptors (Lipinski definition) is 17. The highest BCUT2D eigenvalue weighted by atomic mass is 32.1. The number of aryl methyl sites for hydroxylation is 2. The van der Waals surface area contributed by atoms with Gasteiger partial charge in [-0.05, 0) is 118 Å². The fraction of sp³-hybridized carbons (Fsp3) is 0.476. The minimum Gasteiger partial charge on any atom is -0.476 e. The highest BCUT2D eigenvalue weighted by Gasteiger charge is 2.45. The minimum atomic E-state index is -1.19. The average molecular weight is 1210 g/mol. The Morgan fingerprint density at radius 3 is 2.36 bits per heavy atom. The van der Waals surface area contributed by atoms with E-state index in [1.807, 2.05) is 113 Å². The molecule has 2 aliphatic rings. The number of rotatable bonds is 25. The number of aromatic nitrogens is 7. The van der Waals surface area contributed by atoms with E-state index < -0.39 is 47.3 Å². The maximum atomic E-state index is 14.2. The number of unbranched alkanes of at least 4 members (excludes halogenated alkanes) is 1. The summed E-state index contributed by atoms with van der Waals surface area (Å²) in [5, 5.41) is 45.1. The number of amides is 4. The Hall–Kier alpha value is -7.73. The van der Waals surface area contributed by atoms with Gasteiger partial charge in [0, 0.05) is 69.5 Å². The number of likely N-dealkylation sites (tertiary alicyclic amines) is 1. The number of hydrogen-bond donors (Lipinski definition) is 5. The molecule has 0 unspecified atom stereocenters. The number of thiazole rings is 2. The van der Waals surface area contributed by atoms with Crippen LogP contribution in [-0.2, 0) is 30.5 Å². The second kappa shape index (κ2) is 28.2. The largest absolute Gasteiger partial charge is 0.476 e. The van der Waals surface area contributed by atoms with Crippen molar-refractivity contribution in [2.24, 2.45) is 11.3 Å². The molecule has 23 heteroatoms. The molecule has 86 heavy (non-hydrogen) atoms. The lowest BCUT2D eigenvalue weighted by Gasteiger charge is -2.35. The van der Waals surface area contributed by atoms with Crippen LogP contribution in [0.1, 0.15) is 131 Å². The highest BCUT2D eigenvalue weighted by molar-refractivity contribution is 7.22. The first-order valence-corrected chi connectivity index (χ1v) is 31.3.